The Morgan fingerprint density at radius 2 is 2.14 bits per heavy atom. The molecule has 150 valence electrons. The number of nitro benzene ring substituents is 1. The fourth-order valence-corrected chi connectivity index (χ4v) is 2.75. The molecule has 0 aliphatic carbocycles. The summed E-state index contributed by atoms with van der Waals surface area (Å²) in [5.41, 5.74) is 2.96. The number of hydrazone groups is 1. The molecule has 0 fully saturated rings. The van der Waals surface area contributed by atoms with E-state index in [9.17, 15) is 20.0 Å². The van der Waals surface area contributed by atoms with Crippen molar-refractivity contribution < 1.29 is 14.8 Å². The van der Waals surface area contributed by atoms with E-state index in [2.05, 4.69) is 15.5 Å². The second-order valence-electron chi connectivity index (χ2n) is 6.13. The number of hydrogen-bond acceptors (Lipinski definition) is 8. The number of para-hydroxylation sites is 1. The summed E-state index contributed by atoms with van der Waals surface area (Å²) in [7, 11) is 1.58. The molecule has 0 unspecified atom stereocenters. The third kappa shape index (κ3) is 4.55. The van der Waals surface area contributed by atoms with E-state index in [1.54, 1.807) is 31.4 Å². The first kappa shape index (κ1) is 20.0. The zero-order valence-electron chi connectivity index (χ0n) is 15.6. The number of aromatic hydroxyl groups is 1. The van der Waals surface area contributed by atoms with Crippen LogP contribution in [0.1, 0.15) is 12.0 Å². The summed E-state index contributed by atoms with van der Waals surface area (Å²) in [5, 5.41) is 25.2. The maximum Gasteiger partial charge on any atom is 0.270 e. The Hall–Kier alpha value is -3.79. The van der Waals surface area contributed by atoms with Gasteiger partial charge in [-0.05, 0) is 24.6 Å². The van der Waals surface area contributed by atoms with Crippen molar-refractivity contribution in [3.05, 3.63) is 68.5 Å². The molecule has 29 heavy (non-hydrogen) atoms. The number of ether oxygens (including phenoxy) is 1. The van der Waals surface area contributed by atoms with Crippen molar-refractivity contribution in [3.8, 4) is 5.75 Å². The number of rotatable bonds is 8. The van der Waals surface area contributed by atoms with Gasteiger partial charge in [0.05, 0.1) is 22.0 Å². The van der Waals surface area contributed by atoms with Gasteiger partial charge in [0.1, 0.15) is 5.75 Å². The van der Waals surface area contributed by atoms with Crippen LogP contribution >= 0.6 is 0 Å². The SMILES string of the molecule is COCCCn1c(N/N=C/c2cc([N+](=O)[O-])ccc2O)nc2ccccc2c1=O. The monoisotopic (exact) mass is 397 g/mol. The van der Waals surface area contributed by atoms with Crippen LogP contribution in [0.25, 0.3) is 10.9 Å². The minimum atomic E-state index is -0.567. The number of methoxy groups -OCH3 is 1. The van der Waals surface area contributed by atoms with Crippen LogP contribution in [0.5, 0.6) is 5.75 Å². The fourth-order valence-electron chi connectivity index (χ4n) is 2.75. The molecule has 1 aromatic heterocycles. The number of phenols is 1. The van der Waals surface area contributed by atoms with E-state index in [0.29, 0.717) is 30.5 Å². The van der Waals surface area contributed by atoms with Gasteiger partial charge in [0.15, 0.2) is 0 Å². The average molecular weight is 397 g/mol. The van der Waals surface area contributed by atoms with E-state index in [1.807, 2.05) is 0 Å². The molecule has 0 saturated heterocycles. The standard InChI is InChI=1S/C19H19N5O5/c1-29-10-4-9-23-18(26)15-5-2-3-6-16(15)21-19(23)22-20-12-13-11-14(24(27)28)7-8-17(13)25/h2-3,5-8,11-12,25H,4,9-10H2,1H3,(H,21,22)/b20-12+. The number of phenolic OH excluding ortho intramolecular Hbond substituents is 1. The lowest BCUT2D eigenvalue weighted by Crippen LogP contribution is -2.24. The van der Waals surface area contributed by atoms with Gasteiger partial charge in [-0.3, -0.25) is 19.5 Å². The molecule has 0 saturated carbocycles. The molecular formula is C19H19N5O5. The molecule has 1 heterocycles. The van der Waals surface area contributed by atoms with Crippen LogP contribution in [0.15, 0.2) is 52.4 Å². The van der Waals surface area contributed by atoms with Crippen LogP contribution in [0, 0.1) is 10.1 Å². The minimum Gasteiger partial charge on any atom is -0.507 e. The quantitative estimate of drug-likeness (QED) is 0.258. The summed E-state index contributed by atoms with van der Waals surface area (Å²) < 4.78 is 6.50. The summed E-state index contributed by atoms with van der Waals surface area (Å²) in [6.45, 7) is 0.841. The molecule has 2 aromatic carbocycles. The Kier molecular flexibility index (Phi) is 6.15. The molecule has 10 nitrogen and oxygen atoms in total. The lowest BCUT2D eigenvalue weighted by atomic mass is 10.2. The summed E-state index contributed by atoms with van der Waals surface area (Å²) in [4.78, 5) is 27.6. The van der Waals surface area contributed by atoms with Gasteiger partial charge >= 0.3 is 0 Å². The lowest BCUT2D eigenvalue weighted by Gasteiger charge is -2.12. The third-order valence-corrected chi connectivity index (χ3v) is 4.18. The molecular weight excluding hydrogens is 378 g/mol. The number of aromatic nitrogens is 2. The largest absolute Gasteiger partial charge is 0.507 e. The highest BCUT2D eigenvalue weighted by Crippen LogP contribution is 2.21. The van der Waals surface area contributed by atoms with E-state index in [1.165, 1.54) is 29.0 Å². The molecule has 3 rings (SSSR count). The molecule has 0 atom stereocenters. The highest BCUT2D eigenvalue weighted by atomic mass is 16.6. The van der Waals surface area contributed by atoms with Gasteiger partial charge < -0.3 is 9.84 Å². The fraction of sp³-hybridized carbons (Fsp3) is 0.211. The van der Waals surface area contributed by atoms with E-state index in [-0.39, 0.29) is 28.5 Å². The van der Waals surface area contributed by atoms with Crippen molar-refractivity contribution in [2.75, 3.05) is 19.1 Å². The van der Waals surface area contributed by atoms with Crippen molar-refractivity contribution in [1.82, 2.24) is 9.55 Å². The zero-order valence-corrected chi connectivity index (χ0v) is 15.6. The van der Waals surface area contributed by atoms with Gasteiger partial charge in [-0.1, -0.05) is 12.1 Å². The third-order valence-electron chi connectivity index (χ3n) is 4.18. The number of benzene rings is 2. The van der Waals surface area contributed by atoms with Gasteiger partial charge in [0.2, 0.25) is 5.95 Å². The lowest BCUT2D eigenvalue weighted by molar-refractivity contribution is -0.384. The first-order valence-electron chi connectivity index (χ1n) is 8.76. The van der Waals surface area contributed by atoms with Crippen LogP contribution in [-0.4, -0.2) is 39.5 Å². The number of hydrogen-bond donors (Lipinski definition) is 2. The van der Waals surface area contributed by atoms with Crippen LogP contribution in [0.4, 0.5) is 11.6 Å². The van der Waals surface area contributed by atoms with Crippen molar-refractivity contribution in [3.63, 3.8) is 0 Å². The molecule has 0 amide bonds. The van der Waals surface area contributed by atoms with Gasteiger partial charge in [-0.15, -0.1) is 0 Å². The van der Waals surface area contributed by atoms with Gasteiger partial charge in [-0.2, -0.15) is 5.10 Å². The number of fused-ring (bicyclic) bond motifs is 1. The topological polar surface area (TPSA) is 132 Å². The van der Waals surface area contributed by atoms with E-state index >= 15 is 0 Å². The van der Waals surface area contributed by atoms with Crippen molar-refractivity contribution in [1.29, 1.82) is 0 Å². The van der Waals surface area contributed by atoms with Crippen molar-refractivity contribution >= 4 is 28.8 Å². The minimum absolute atomic E-state index is 0.153. The Bertz CT molecular complexity index is 1130. The van der Waals surface area contributed by atoms with Crippen LogP contribution < -0.4 is 11.0 Å². The molecule has 0 spiro atoms. The maximum atomic E-state index is 12.8. The van der Waals surface area contributed by atoms with Gasteiger partial charge in [0.25, 0.3) is 11.2 Å². The summed E-state index contributed by atoms with van der Waals surface area (Å²) in [6, 6.07) is 10.6. The Labute approximate surface area is 165 Å². The van der Waals surface area contributed by atoms with E-state index in [0.717, 1.165) is 0 Å². The van der Waals surface area contributed by atoms with E-state index in [4.69, 9.17) is 4.74 Å². The maximum absolute atomic E-state index is 12.8. The summed E-state index contributed by atoms with van der Waals surface area (Å²) in [5.74, 6) is 0.0519. The van der Waals surface area contributed by atoms with Crippen LogP contribution in [0.3, 0.4) is 0 Å². The Morgan fingerprint density at radius 1 is 1.34 bits per heavy atom. The summed E-state index contributed by atoms with van der Waals surface area (Å²) in [6.07, 6.45) is 1.82. The summed E-state index contributed by atoms with van der Waals surface area (Å²) >= 11 is 0. The smallest absolute Gasteiger partial charge is 0.270 e. The highest BCUT2D eigenvalue weighted by molar-refractivity contribution is 5.85. The van der Waals surface area contributed by atoms with E-state index < -0.39 is 4.92 Å². The highest BCUT2D eigenvalue weighted by Gasteiger charge is 2.11. The van der Waals surface area contributed by atoms with Crippen LogP contribution in [-0.2, 0) is 11.3 Å². The molecule has 0 radical (unpaired) electrons. The number of nitro groups is 1. The Balaban J connectivity index is 1.93. The molecule has 2 N–H and O–H groups in total. The molecule has 0 aliphatic rings. The number of nitrogens with zero attached hydrogens (tertiary/aromatic N) is 4. The molecule has 0 aliphatic heterocycles. The van der Waals surface area contributed by atoms with Crippen LogP contribution in [0.2, 0.25) is 0 Å². The normalized spacial score (nSPS) is 11.2. The molecule has 10 heteroatoms. The molecule has 3 aromatic rings. The predicted molar refractivity (Wildman–Crippen MR) is 108 cm³/mol. The second-order valence-corrected chi connectivity index (χ2v) is 6.13. The Morgan fingerprint density at radius 3 is 2.90 bits per heavy atom. The number of non-ortho nitro benzene ring substituents is 1. The van der Waals surface area contributed by atoms with Crippen molar-refractivity contribution in [2.24, 2.45) is 5.10 Å². The first-order chi connectivity index (χ1) is 14.0. The number of nitrogens with one attached hydrogen (secondary N) is 1. The van der Waals surface area contributed by atoms with Crippen molar-refractivity contribution in [2.45, 2.75) is 13.0 Å². The zero-order chi connectivity index (χ0) is 20.8. The number of anilines is 1. The van der Waals surface area contributed by atoms with Gasteiger partial charge in [-0.25, -0.2) is 10.4 Å². The average Bonchev–Trinajstić information content (AvgIpc) is 2.71. The van der Waals surface area contributed by atoms with Gasteiger partial charge in [0, 0.05) is 38.0 Å². The molecule has 0 bridgehead atoms. The second kappa shape index (κ2) is 8.93. The first-order valence-corrected chi connectivity index (χ1v) is 8.76. The predicted octanol–water partition coefficient (Wildman–Crippen LogP) is 2.49.